The van der Waals surface area contributed by atoms with E-state index in [1.165, 1.54) is 16.8 Å². The highest BCUT2D eigenvalue weighted by atomic mass is 19.3. The van der Waals surface area contributed by atoms with Gasteiger partial charge >= 0.3 is 0 Å². The third-order valence-electron chi connectivity index (χ3n) is 3.28. The lowest BCUT2D eigenvalue weighted by molar-refractivity contribution is -0.0260. The van der Waals surface area contributed by atoms with Gasteiger partial charge in [-0.3, -0.25) is 4.68 Å². The van der Waals surface area contributed by atoms with E-state index in [0.717, 1.165) is 5.56 Å². The Balaban J connectivity index is 2.31. The number of benzene rings is 1. The van der Waals surface area contributed by atoms with Gasteiger partial charge in [-0.2, -0.15) is 13.9 Å². The van der Waals surface area contributed by atoms with Crippen molar-refractivity contribution >= 4 is 0 Å². The number of alkyl halides is 2. The fourth-order valence-electron chi connectivity index (χ4n) is 2.14. The van der Waals surface area contributed by atoms with E-state index >= 15 is 0 Å². The van der Waals surface area contributed by atoms with Gasteiger partial charge in [0.05, 0.1) is 5.69 Å². The molecule has 0 fully saturated rings. The van der Waals surface area contributed by atoms with Crippen LogP contribution in [0, 0.1) is 13.8 Å². The molecule has 0 amide bonds. The second kappa shape index (κ2) is 5.09. The molecule has 1 heterocycles. The van der Waals surface area contributed by atoms with Crippen molar-refractivity contribution in [2.24, 2.45) is 5.73 Å². The molecule has 0 aliphatic heterocycles. The topological polar surface area (TPSA) is 43.8 Å². The van der Waals surface area contributed by atoms with Gasteiger partial charge < -0.3 is 5.73 Å². The molecule has 0 spiro atoms. The molecule has 2 N–H and O–H groups in total. The maximum atomic E-state index is 14.2. The summed E-state index contributed by atoms with van der Waals surface area (Å²) in [5.74, 6) is -2.95. The van der Waals surface area contributed by atoms with Crippen LogP contribution >= 0.6 is 0 Å². The van der Waals surface area contributed by atoms with Crippen LogP contribution in [0.25, 0.3) is 0 Å². The number of rotatable bonds is 4. The molecule has 2 aromatic rings. The zero-order valence-corrected chi connectivity index (χ0v) is 11.0. The molecule has 19 heavy (non-hydrogen) atoms. The molecule has 0 aliphatic carbocycles. The predicted octanol–water partition coefficient (Wildman–Crippen LogP) is 2.75. The molecule has 1 aromatic carbocycles. The number of nitrogens with zero attached hydrogens (tertiary/aromatic N) is 2. The Morgan fingerprint density at radius 3 is 2.37 bits per heavy atom. The first-order chi connectivity index (χ1) is 8.95. The molecule has 0 aliphatic rings. The maximum Gasteiger partial charge on any atom is 0.292 e. The lowest BCUT2D eigenvalue weighted by atomic mass is 10.1. The Labute approximate surface area is 111 Å². The van der Waals surface area contributed by atoms with Crippen LogP contribution in [0.15, 0.2) is 30.3 Å². The Morgan fingerprint density at radius 1 is 1.21 bits per heavy atom. The molecule has 0 radical (unpaired) electrons. The second-order valence-corrected chi connectivity index (χ2v) is 4.58. The molecule has 102 valence electrons. The van der Waals surface area contributed by atoms with Crippen molar-refractivity contribution in [3.8, 4) is 0 Å². The molecule has 2 rings (SSSR count). The van der Waals surface area contributed by atoms with E-state index in [9.17, 15) is 8.78 Å². The Hall–Kier alpha value is -1.75. The lowest BCUT2D eigenvalue weighted by Gasteiger charge is -2.17. The fraction of sp³-hybridized carbons (Fsp3) is 0.357. The smallest absolute Gasteiger partial charge is 0.292 e. The summed E-state index contributed by atoms with van der Waals surface area (Å²) >= 11 is 0. The first kappa shape index (κ1) is 13.7. The van der Waals surface area contributed by atoms with Crippen LogP contribution in [0.1, 0.15) is 22.5 Å². The zero-order chi connectivity index (χ0) is 14.0. The number of aromatic nitrogens is 2. The summed E-state index contributed by atoms with van der Waals surface area (Å²) < 4.78 is 29.7. The summed E-state index contributed by atoms with van der Waals surface area (Å²) in [5.41, 5.74) is 7.85. The summed E-state index contributed by atoms with van der Waals surface area (Å²) in [6, 6.07) is 7.78. The first-order valence-corrected chi connectivity index (χ1v) is 6.12. The van der Waals surface area contributed by atoms with Gasteiger partial charge in [0, 0.05) is 23.4 Å². The van der Waals surface area contributed by atoms with E-state index < -0.39 is 12.5 Å². The first-order valence-electron chi connectivity index (χ1n) is 6.12. The van der Waals surface area contributed by atoms with Gasteiger partial charge in [0.25, 0.3) is 5.92 Å². The minimum Gasteiger partial charge on any atom is -0.326 e. The molecule has 0 unspecified atom stereocenters. The molecule has 5 heteroatoms. The number of hydrogen-bond acceptors (Lipinski definition) is 2. The van der Waals surface area contributed by atoms with Crippen molar-refractivity contribution in [1.29, 1.82) is 0 Å². The quantitative estimate of drug-likeness (QED) is 0.923. The van der Waals surface area contributed by atoms with Crippen LogP contribution in [-0.4, -0.2) is 9.78 Å². The van der Waals surface area contributed by atoms with Crippen molar-refractivity contribution in [3.05, 3.63) is 52.8 Å². The molecule has 3 nitrogen and oxygen atoms in total. The average molecular weight is 265 g/mol. The Morgan fingerprint density at radius 2 is 1.84 bits per heavy atom. The van der Waals surface area contributed by atoms with Crippen LogP contribution in [0.4, 0.5) is 8.78 Å². The van der Waals surface area contributed by atoms with Gasteiger partial charge in [0.2, 0.25) is 0 Å². The van der Waals surface area contributed by atoms with E-state index in [4.69, 9.17) is 5.73 Å². The summed E-state index contributed by atoms with van der Waals surface area (Å²) in [6.07, 6.45) is 0. The van der Waals surface area contributed by atoms with Crippen molar-refractivity contribution < 1.29 is 8.78 Å². The van der Waals surface area contributed by atoms with Gasteiger partial charge in [0.1, 0.15) is 6.54 Å². The van der Waals surface area contributed by atoms with Crippen LogP contribution < -0.4 is 5.73 Å². The second-order valence-electron chi connectivity index (χ2n) is 4.58. The van der Waals surface area contributed by atoms with Crippen LogP contribution in [0.2, 0.25) is 0 Å². The largest absolute Gasteiger partial charge is 0.326 e. The highest BCUT2D eigenvalue weighted by Crippen LogP contribution is 2.30. The minimum atomic E-state index is -2.95. The van der Waals surface area contributed by atoms with Crippen LogP contribution in [-0.2, 0) is 19.0 Å². The monoisotopic (exact) mass is 265 g/mol. The predicted molar refractivity (Wildman–Crippen MR) is 69.9 cm³/mol. The van der Waals surface area contributed by atoms with Gasteiger partial charge in [-0.25, -0.2) is 0 Å². The number of hydrogen-bond donors (Lipinski definition) is 1. The van der Waals surface area contributed by atoms with Gasteiger partial charge in [0.15, 0.2) is 0 Å². The molecular weight excluding hydrogens is 248 g/mol. The number of nitrogens with two attached hydrogens (primary N) is 1. The fourth-order valence-corrected chi connectivity index (χ4v) is 2.14. The maximum absolute atomic E-state index is 14.2. The average Bonchev–Trinajstić information content (AvgIpc) is 2.64. The lowest BCUT2D eigenvalue weighted by Crippen LogP contribution is -2.23. The molecule has 0 bridgehead atoms. The van der Waals surface area contributed by atoms with E-state index in [0.29, 0.717) is 17.9 Å². The van der Waals surface area contributed by atoms with Gasteiger partial charge in [-0.1, -0.05) is 30.3 Å². The summed E-state index contributed by atoms with van der Waals surface area (Å²) in [6.45, 7) is 3.40. The van der Waals surface area contributed by atoms with E-state index in [1.807, 2.05) is 0 Å². The van der Waals surface area contributed by atoms with Crippen LogP contribution in [0.5, 0.6) is 0 Å². The molecule has 0 atom stereocenters. The SMILES string of the molecule is Cc1nn(CC(F)(F)c2ccccc2)c(C)c1CN. The molecule has 0 saturated heterocycles. The zero-order valence-electron chi connectivity index (χ0n) is 11.0. The van der Waals surface area contributed by atoms with E-state index in [2.05, 4.69) is 5.10 Å². The summed E-state index contributed by atoms with van der Waals surface area (Å²) in [4.78, 5) is 0. The van der Waals surface area contributed by atoms with Crippen LogP contribution in [0.3, 0.4) is 0 Å². The Bertz CT molecular complexity index is 562. The van der Waals surface area contributed by atoms with E-state index in [1.54, 1.807) is 32.0 Å². The highest BCUT2D eigenvalue weighted by Gasteiger charge is 2.33. The molecular formula is C14H17F2N3. The van der Waals surface area contributed by atoms with Crippen molar-refractivity contribution in [2.45, 2.75) is 32.9 Å². The summed E-state index contributed by atoms with van der Waals surface area (Å²) in [7, 11) is 0. The van der Waals surface area contributed by atoms with Crippen molar-refractivity contribution in [2.75, 3.05) is 0 Å². The van der Waals surface area contributed by atoms with E-state index in [-0.39, 0.29) is 5.56 Å². The number of halogens is 2. The molecule has 1 aromatic heterocycles. The van der Waals surface area contributed by atoms with Gasteiger partial charge in [-0.15, -0.1) is 0 Å². The van der Waals surface area contributed by atoms with Crippen molar-refractivity contribution in [3.63, 3.8) is 0 Å². The Kier molecular flexibility index (Phi) is 3.66. The normalized spacial score (nSPS) is 11.8. The standard InChI is InChI=1S/C14H17F2N3/c1-10-13(8-17)11(2)19(18-10)9-14(15,16)12-6-4-3-5-7-12/h3-7H,8-9,17H2,1-2H3. The minimum absolute atomic E-state index is 0.00292. The summed E-state index contributed by atoms with van der Waals surface area (Å²) in [5, 5.41) is 4.15. The van der Waals surface area contributed by atoms with Crippen molar-refractivity contribution in [1.82, 2.24) is 9.78 Å². The molecule has 0 saturated carbocycles. The van der Waals surface area contributed by atoms with Gasteiger partial charge in [-0.05, 0) is 13.8 Å². The third-order valence-corrected chi connectivity index (χ3v) is 3.28. The highest BCUT2D eigenvalue weighted by molar-refractivity contribution is 5.25. The third kappa shape index (κ3) is 2.66. The number of aryl methyl sites for hydroxylation is 1.